The summed E-state index contributed by atoms with van der Waals surface area (Å²) in [5.74, 6) is -0.376. The molecule has 0 bridgehead atoms. The Labute approximate surface area is 327 Å². The number of rotatable bonds is 18. The molecule has 1 saturated heterocycles. The number of nitrogens with zero attached hydrogens (tertiary/aromatic N) is 1. The van der Waals surface area contributed by atoms with Gasteiger partial charge in [0.05, 0.1) is 13.2 Å². The van der Waals surface area contributed by atoms with Crippen LogP contribution in [-0.2, 0) is 33.7 Å². The number of anilines is 1. The van der Waals surface area contributed by atoms with Crippen LogP contribution in [0.4, 0.5) is 5.69 Å². The molecule has 18 heteroatoms. The van der Waals surface area contributed by atoms with Crippen molar-refractivity contribution >= 4 is 39.7 Å². The zero-order chi connectivity index (χ0) is 37.8. The summed E-state index contributed by atoms with van der Waals surface area (Å²) in [6, 6.07) is 14.5. The van der Waals surface area contributed by atoms with Crippen molar-refractivity contribution in [3.05, 3.63) is 66.8 Å². The van der Waals surface area contributed by atoms with Crippen molar-refractivity contribution < 1.29 is 85.6 Å². The first-order valence-corrected chi connectivity index (χ1v) is 17.9. The number of amides is 4. The molecule has 0 unspecified atom stereocenters. The van der Waals surface area contributed by atoms with Gasteiger partial charge >= 0.3 is 40.0 Å². The maximum atomic E-state index is 12.8. The summed E-state index contributed by atoms with van der Waals surface area (Å²) < 4.78 is 40.8. The van der Waals surface area contributed by atoms with Crippen molar-refractivity contribution in [2.45, 2.75) is 83.3 Å². The standard InChI is InChI=1S/C33H45N4O8.CH4O4S.Na/c1-3-4-13-29(41)37(20-10-6-9-19-34-32(43)24-11-7-5-8-12-24)21-18-28(40)36-25-14-16-26(17-15-25)45-33-30(35-23(2)38)31(42)27(39)22-44-33;1-5-6(2,3)4;/h5,7-8,11-12,14-17,22,27,30-31,33,39,42H,3-4,6,9-10,13,18-21H2,1-2H3,(H,34,43)(H,35,38)(H,36,40);1H3,(H,2,3,4);/q-1;;+1/t27-,30+,31-,33+;;/m0../s1. The summed E-state index contributed by atoms with van der Waals surface area (Å²) in [6.45, 7) is 5.75. The molecule has 0 aliphatic carbocycles. The molecule has 4 amide bonds. The van der Waals surface area contributed by atoms with Gasteiger partial charge < -0.3 is 40.5 Å². The second-order valence-electron chi connectivity index (χ2n) is 11.5. The summed E-state index contributed by atoms with van der Waals surface area (Å²) in [5.41, 5.74) is 1.15. The van der Waals surface area contributed by atoms with Gasteiger partial charge in [-0.1, -0.05) is 31.5 Å². The average molecular weight is 761 g/mol. The molecule has 1 fully saturated rings. The van der Waals surface area contributed by atoms with Crippen LogP contribution in [0.1, 0.15) is 69.2 Å². The molecule has 0 saturated carbocycles. The maximum Gasteiger partial charge on any atom is 1.00 e. The first-order valence-electron chi connectivity index (χ1n) is 16.6. The van der Waals surface area contributed by atoms with E-state index >= 15 is 0 Å². The number of benzene rings is 2. The van der Waals surface area contributed by atoms with Crippen molar-refractivity contribution in [1.29, 1.82) is 0 Å². The fourth-order valence-electron chi connectivity index (χ4n) is 4.74. The van der Waals surface area contributed by atoms with Gasteiger partial charge in [0.1, 0.15) is 11.8 Å². The molecule has 0 spiro atoms. The fraction of sp³-hybridized carbons (Fsp3) is 0.500. The van der Waals surface area contributed by atoms with E-state index in [9.17, 15) is 37.8 Å². The Morgan fingerprint density at radius 2 is 1.60 bits per heavy atom. The summed E-state index contributed by atoms with van der Waals surface area (Å²) in [4.78, 5) is 51.0. The van der Waals surface area contributed by atoms with Gasteiger partial charge in [-0.3, -0.25) is 27.9 Å². The van der Waals surface area contributed by atoms with E-state index < -0.39 is 40.8 Å². The predicted octanol–water partition coefficient (Wildman–Crippen LogP) is -0.803. The molecule has 1 aliphatic rings. The Hall–Kier alpha value is -3.13. The number of nitrogens with one attached hydrogen (secondary N) is 3. The van der Waals surface area contributed by atoms with Gasteiger partial charge in [-0.25, -0.2) is 0 Å². The zero-order valence-corrected chi connectivity index (χ0v) is 32.8. The van der Waals surface area contributed by atoms with Gasteiger partial charge in [-0.15, -0.1) is 0 Å². The number of hydrogen-bond acceptors (Lipinski definition) is 11. The first kappa shape index (κ1) is 46.9. The van der Waals surface area contributed by atoms with Gasteiger partial charge in [-0.05, 0) is 68.2 Å². The van der Waals surface area contributed by atoms with E-state index in [2.05, 4.69) is 20.1 Å². The number of carbonyl (C=O) groups excluding carboxylic acids is 4. The molecule has 52 heavy (non-hydrogen) atoms. The molecular weight excluding hydrogens is 711 g/mol. The summed E-state index contributed by atoms with van der Waals surface area (Å²) in [6.07, 6.45) is 0.990. The number of ether oxygens (including phenoxy) is 2. The predicted molar refractivity (Wildman–Crippen MR) is 186 cm³/mol. The van der Waals surface area contributed by atoms with Crippen molar-refractivity contribution in [1.82, 2.24) is 15.5 Å². The second-order valence-corrected chi connectivity index (χ2v) is 12.7. The minimum absolute atomic E-state index is 0. The number of hydrogen-bond donors (Lipinski definition) is 6. The molecule has 2 aromatic rings. The van der Waals surface area contributed by atoms with Gasteiger partial charge in [-0.2, -0.15) is 15.0 Å². The quantitative estimate of drug-likeness (QED) is 0.0475. The number of unbranched alkanes of at least 4 members (excludes halogenated alkanes) is 3. The first-order chi connectivity index (χ1) is 24.2. The van der Waals surface area contributed by atoms with Crippen LogP contribution < -0.4 is 50.2 Å². The zero-order valence-electron chi connectivity index (χ0n) is 30.0. The van der Waals surface area contributed by atoms with Crippen LogP contribution in [0.3, 0.4) is 0 Å². The SMILES string of the molecule is CCCCC(=O)N(CCCCCNC(=O)c1ccccc1)CCC(=O)Nc1ccc(O[C@H]2O[CH-][C@H](O)[C@H](O)[C@H]2NC(C)=O)cc1.COS(=O)(=O)O.[Na+]. The van der Waals surface area contributed by atoms with E-state index in [1.807, 2.05) is 25.1 Å². The smallest absolute Gasteiger partial charge is 0.516 e. The second kappa shape index (κ2) is 25.0. The molecule has 284 valence electrons. The largest absolute Gasteiger partial charge is 1.00 e. The molecule has 0 aromatic heterocycles. The van der Waals surface area contributed by atoms with E-state index in [-0.39, 0.29) is 53.7 Å². The van der Waals surface area contributed by atoms with Crippen molar-refractivity contribution in [2.24, 2.45) is 0 Å². The van der Waals surface area contributed by atoms with Crippen molar-refractivity contribution in [2.75, 3.05) is 32.1 Å². The summed E-state index contributed by atoms with van der Waals surface area (Å²) in [7, 11) is -3.29. The number of aliphatic hydroxyl groups is 2. The van der Waals surface area contributed by atoms with E-state index in [0.29, 0.717) is 43.1 Å². The number of aliphatic hydroxyl groups excluding tert-OH is 2. The normalized spacial score (nSPS) is 18.0. The van der Waals surface area contributed by atoms with Crippen LogP contribution in [0.15, 0.2) is 54.6 Å². The molecule has 3 rings (SSSR count). The Kier molecular flexibility index (Phi) is 22.5. The Morgan fingerprint density at radius 1 is 0.942 bits per heavy atom. The Morgan fingerprint density at radius 3 is 2.19 bits per heavy atom. The molecule has 1 aliphatic heterocycles. The molecule has 2 aromatic carbocycles. The van der Waals surface area contributed by atoms with E-state index in [1.165, 1.54) is 6.92 Å². The van der Waals surface area contributed by atoms with Crippen LogP contribution in [0.25, 0.3) is 0 Å². The van der Waals surface area contributed by atoms with Crippen LogP contribution in [0.5, 0.6) is 5.75 Å². The number of carbonyl (C=O) groups is 4. The molecule has 1 heterocycles. The third-order valence-corrected chi connectivity index (χ3v) is 7.89. The maximum absolute atomic E-state index is 12.8. The summed E-state index contributed by atoms with van der Waals surface area (Å²) >= 11 is 0. The van der Waals surface area contributed by atoms with Crippen molar-refractivity contribution in [3.63, 3.8) is 0 Å². The van der Waals surface area contributed by atoms with Gasteiger partial charge in [0, 0.05) is 50.7 Å². The third-order valence-electron chi connectivity index (χ3n) is 7.47. The summed E-state index contributed by atoms with van der Waals surface area (Å²) in [5, 5.41) is 28.3. The van der Waals surface area contributed by atoms with E-state index in [4.69, 9.17) is 14.0 Å². The monoisotopic (exact) mass is 760 g/mol. The minimum atomic E-state index is -4.16. The molecule has 6 N–H and O–H groups in total. The van der Waals surface area contributed by atoms with E-state index in [0.717, 1.165) is 45.8 Å². The van der Waals surface area contributed by atoms with Gasteiger partial charge in [0.2, 0.25) is 17.7 Å². The van der Waals surface area contributed by atoms with Crippen molar-refractivity contribution in [3.8, 4) is 5.75 Å². The molecule has 4 atom stereocenters. The molecule has 16 nitrogen and oxygen atoms in total. The van der Waals surface area contributed by atoms with Crippen LogP contribution in [0.2, 0.25) is 0 Å². The Bertz CT molecular complexity index is 1490. The van der Waals surface area contributed by atoms with E-state index in [1.54, 1.807) is 41.3 Å². The van der Waals surface area contributed by atoms with Gasteiger partial charge in [0.25, 0.3) is 5.91 Å². The van der Waals surface area contributed by atoms with Crippen LogP contribution >= 0.6 is 0 Å². The third kappa shape index (κ3) is 18.6. The fourth-order valence-corrected chi connectivity index (χ4v) is 4.74. The topological polar surface area (TPSA) is 230 Å². The van der Waals surface area contributed by atoms with Crippen LogP contribution in [-0.4, -0.2) is 103 Å². The van der Waals surface area contributed by atoms with Gasteiger partial charge in [0.15, 0.2) is 6.29 Å². The van der Waals surface area contributed by atoms with Crippen LogP contribution in [0, 0.1) is 6.61 Å². The minimum Gasteiger partial charge on any atom is -0.516 e. The Balaban J connectivity index is 0.00000177. The molecular formula is C34H49N4NaO12S. The average Bonchev–Trinajstić information content (AvgIpc) is 3.10. The molecule has 0 radical (unpaired) electrons.